The maximum absolute atomic E-state index is 11.8. The molecule has 1 aliphatic rings. The second-order valence-corrected chi connectivity index (χ2v) is 8.01. The van der Waals surface area contributed by atoms with Crippen molar-refractivity contribution in [3.63, 3.8) is 0 Å². The van der Waals surface area contributed by atoms with E-state index < -0.39 is 7.60 Å². The predicted octanol–water partition coefficient (Wildman–Crippen LogP) is 4.36. The molecule has 0 aromatic rings. The molecule has 0 amide bonds. The minimum absolute atomic E-state index is 0. The van der Waals surface area contributed by atoms with Gasteiger partial charge >= 0.3 is 7.60 Å². The third-order valence-electron chi connectivity index (χ3n) is 4.18. The normalized spacial score (nSPS) is 20.5. The Kier molecular flexibility index (Phi) is 12.1. The molecule has 0 aromatic heterocycles. The zero-order valence-electron chi connectivity index (χ0n) is 13.6. The van der Waals surface area contributed by atoms with Crippen molar-refractivity contribution in [3.05, 3.63) is 0 Å². The van der Waals surface area contributed by atoms with Crippen LogP contribution in [0.5, 0.6) is 0 Å². The van der Waals surface area contributed by atoms with Crippen molar-refractivity contribution in [2.75, 3.05) is 19.3 Å². The number of piperidine rings is 1. The average molecular weight is 342 g/mol. The van der Waals surface area contributed by atoms with Crippen molar-refractivity contribution in [1.82, 2.24) is 5.32 Å². The first-order valence-corrected chi connectivity index (χ1v) is 10.0. The number of rotatable bonds is 10. The van der Waals surface area contributed by atoms with Gasteiger partial charge in [-0.15, -0.1) is 12.4 Å². The molecule has 1 fully saturated rings. The van der Waals surface area contributed by atoms with Crippen LogP contribution < -0.4 is 5.32 Å². The Morgan fingerprint density at radius 2 is 1.86 bits per heavy atom. The van der Waals surface area contributed by atoms with E-state index in [9.17, 15) is 9.46 Å². The van der Waals surface area contributed by atoms with Crippen molar-refractivity contribution in [2.24, 2.45) is 5.92 Å². The number of nitrogens with one attached hydrogen (secondary N) is 1. The topological polar surface area (TPSA) is 58.6 Å². The fraction of sp³-hybridized carbons (Fsp3) is 1.00. The van der Waals surface area contributed by atoms with Gasteiger partial charge < -0.3 is 14.7 Å². The quantitative estimate of drug-likeness (QED) is 0.458. The molecule has 1 saturated heterocycles. The van der Waals surface area contributed by atoms with Crippen LogP contribution in [0.4, 0.5) is 0 Å². The monoisotopic (exact) mass is 341 g/mol. The summed E-state index contributed by atoms with van der Waals surface area (Å²) in [4.78, 5) is 9.70. The number of unbranched alkanes of at least 4 members (excludes halogenated alkanes) is 3. The molecule has 2 atom stereocenters. The molecule has 1 heterocycles. The highest BCUT2D eigenvalue weighted by Crippen LogP contribution is 2.44. The van der Waals surface area contributed by atoms with Gasteiger partial charge in [0.25, 0.3) is 0 Å². The largest absolute Gasteiger partial charge is 0.328 e. The molecule has 0 aliphatic carbocycles. The Morgan fingerprint density at radius 3 is 2.48 bits per heavy atom. The standard InChI is InChI=1S/C15H32NO3P.ClH/c1-3-14(2)19-20(17,18)13-7-5-4-6-8-15-9-11-16-12-10-15;/h14-16H,3-13H2,1-2H3,(H,17,18);1H. The summed E-state index contributed by atoms with van der Waals surface area (Å²) in [7, 11) is -3.35. The molecule has 1 rings (SSSR count). The lowest BCUT2D eigenvalue weighted by Crippen LogP contribution is -2.27. The van der Waals surface area contributed by atoms with Gasteiger partial charge in [0.05, 0.1) is 6.10 Å². The van der Waals surface area contributed by atoms with Gasteiger partial charge in [-0.2, -0.15) is 0 Å². The van der Waals surface area contributed by atoms with E-state index in [0.29, 0.717) is 6.16 Å². The average Bonchev–Trinajstić information content (AvgIpc) is 2.43. The molecule has 0 saturated carbocycles. The van der Waals surface area contributed by atoms with Crippen LogP contribution in [0.2, 0.25) is 0 Å². The van der Waals surface area contributed by atoms with Crippen LogP contribution in [0.15, 0.2) is 0 Å². The Labute approximate surface area is 136 Å². The minimum Gasteiger partial charge on any atom is -0.324 e. The number of halogens is 1. The summed E-state index contributed by atoms with van der Waals surface area (Å²) >= 11 is 0. The molecule has 0 bridgehead atoms. The minimum atomic E-state index is -3.35. The van der Waals surface area contributed by atoms with E-state index in [0.717, 1.165) is 25.2 Å². The van der Waals surface area contributed by atoms with Crippen LogP contribution >= 0.6 is 20.0 Å². The van der Waals surface area contributed by atoms with Gasteiger partial charge in [0.1, 0.15) is 0 Å². The summed E-state index contributed by atoms with van der Waals surface area (Å²) < 4.78 is 17.0. The lowest BCUT2D eigenvalue weighted by Gasteiger charge is -2.22. The fourth-order valence-electron chi connectivity index (χ4n) is 2.68. The zero-order valence-corrected chi connectivity index (χ0v) is 15.3. The van der Waals surface area contributed by atoms with E-state index >= 15 is 0 Å². The van der Waals surface area contributed by atoms with Crippen LogP contribution in [-0.4, -0.2) is 30.2 Å². The Morgan fingerprint density at radius 1 is 1.24 bits per heavy atom. The molecule has 2 unspecified atom stereocenters. The van der Waals surface area contributed by atoms with E-state index in [1.807, 2.05) is 13.8 Å². The van der Waals surface area contributed by atoms with E-state index in [4.69, 9.17) is 4.52 Å². The molecule has 1 aliphatic heterocycles. The van der Waals surface area contributed by atoms with Gasteiger partial charge in [0.2, 0.25) is 0 Å². The Bertz CT molecular complexity index is 299. The first kappa shape index (κ1) is 21.4. The first-order valence-electron chi connectivity index (χ1n) is 8.24. The predicted molar refractivity (Wildman–Crippen MR) is 91.5 cm³/mol. The summed E-state index contributed by atoms with van der Waals surface area (Å²) in [6.07, 6.45) is 9.19. The lowest BCUT2D eigenvalue weighted by atomic mass is 9.92. The molecule has 128 valence electrons. The Hall–Kier alpha value is 0.400. The Balaban J connectivity index is 0.00000400. The third-order valence-corrected chi connectivity index (χ3v) is 5.75. The highest BCUT2D eigenvalue weighted by atomic mass is 35.5. The van der Waals surface area contributed by atoms with Crippen LogP contribution in [0.25, 0.3) is 0 Å². The van der Waals surface area contributed by atoms with Crippen LogP contribution in [0.3, 0.4) is 0 Å². The van der Waals surface area contributed by atoms with Crippen LogP contribution in [0, 0.1) is 5.92 Å². The van der Waals surface area contributed by atoms with E-state index in [1.165, 1.54) is 45.2 Å². The van der Waals surface area contributed by atoms with Gasteiger partial charge in [-0.25, -0.2) is 0 Å². The maximum atomic E-state index is 11.8. The van der Waals surface area contributed by atoms with Crippen molar-refractivity contribution in [1.29, 1.82) is 0 Å². The summed E-state index contributed by atoms with van der Waals surface area (Å²) in [6.45, 7) is 6.16. The lowest BCUT2D eigenvalue weighted by molar-refractivity contribution is 0.185. The molecule has 0 radical (unpaired) electrons. The molecular weight excluding hydrogens is 309 g/mol. The van der Waals surface area contributed by atoms with Crippen molar-refractivity contribution < 1.29 is 14.0 Å². The molecule has 0 aromatic carbocycles. The maximum Gasteiger partial charge on any atom is 0.328 e. The molecule has 0 spiro atoms. The third kappa shape index (κ3) is 10.7. The molecule has 6 heteroatoms. The summed E-state index contributed by atoms with van der Waals surface area (Å²) in [6, 6.07) is 0. The van der Waals surface area contributed by atoms with Gasteiger partial charge in [0.15, 0.2) is 0 Å². The van der Waals surface area contributed by atoms with Gasteiger partial charge in [-0.1, -0.05) is 32.6 Å². The SMILES string of the molecule is CCC(C)OP(=O)(O)CCCCCCC1CCNCC1.Cl. The molecule has 4 nitrogen and oxygen atoms in total. The zero-order chi connectivity index (χ0) is 14.8. The molecular formula is C15H33ClNO3P. The van der Waals surface area contributed by atoms with Gasteiger partial charge in [-0.05, 0) is 51.6 Å². The highest BCUT2D eigenvalue weighted by Gasteiger charge is 2.21. The van der Waals surface area contributed by atoms with E-state index in [2.05, 4.69) is 5.32 Å². The summed E-state index contributed by atoms with van der Waals surface area (Å²) in [5, 5.41) is 3.39. The number of hydrogen-bond donors (Lipinski definition) is 2. The van der Waals surface area contributed by atoms with E-state index in [-0.39, 0.29) is 18.5 Å². The fourth-order valence-corrected chi connectivity index (χ4v) is 4.12. The highest BCUT2D eigenvalue weighted by molar-refractivity contribution is 7.52. The summed E-state index contributed by atoms with van der Waals surface area (Å²) in [5.41, 5.74) is 0. The van der Waals surface area contributed by atoms with Crippen molar-refractivity contribution in [2.45, 2.75) is 71.3 Å². The summed E-state index contributed by atoms with van der Waals surface area (Å²) in [5.74, 6) is 0.897. The van der Waals surface area contributed by atoms with Crippen LogP contribution in [-0.2, 0) is 9.09 Å². The molecule has 2 N–H and O–H groups in total. The molecule has 21 heavy (non-hydrogen) atoms. The van der Waals surface area contributed by atoms with Crippen molar-refractivity contribution in [3.8, 4) is 0 Å². The van der Waals surface area contributed by atoms with Gasteiger partial charge in [-0.3, -0.25) is 4.57 Å². The number of hydrogen-bond acceptors (Lipinski definition) is 3. The second kappa shape index (κ2) is 11.9. The first-order chi connectivity index (χ1) is 9.53. The van der Waals surface area contributed by atoms with Crippen molar-refractivity contribution >= 4 is 20.0 Å². The smallest absolute Gasteiger partial charge is 0.324 e. The van der Waals surface area contributed by atoms with Crippen LogP contribution in [0.1, 0.15) is 65.2 Å². The van der Waals surface area contributed by atoms with E-state index in [1.54, 1.807) is 0 Å². The van der Waals surface area contributed by atoms with Gasteiger partial charge in [0, 0.05) is 6.16 Å². The second-order valence-electron chi connectivity index (χ2n) is 6.08.